The summed E-state index contributed by atoms with van der Waals surface area (Å²) in [6, 6.07) is 8.42. The topological polar surface area (TPSA) is 94.0 Å². The molecule has 2 aromatic heterocycles. The van der Waals surface area contributed by atoms with Gasteiger partial charge in [0.15, 0.2) is 0 Å². The van der Waals surface area contributed by atoms with Crippen molar-refractivity contribution < 1.29 is 46.1 Å². The fraction of sp³-hybridized carbons (Fsp3) is 0.450. The highest BCUT2D eigenvalue weighted by molar-refractivity contribution is 7.07. The van der Waals surface area contributed by atoms with E-state index < -0.39 is 24.3 Å². The van der Waals surface area contributed by atoms with Crippen molar-refractivity contribution in [1.29, 1.82) is 0 Å². The minimum atomic E-state index is -5.08. The lowest BCUT2D eigenvalue weighted by molar-refractivity contribution is -0.193. The highest BCUT2D eigenvalue weighted by Crippen LogP contribution is 2.41. The second-order valence-electron chi connectivity index (χ2n) is 7.74. The van der Waals surface area contributed by atoms with Crippen LogP contribution in [-0.2, 0) is 16.1 Å². The number of carboxylic acids is 2. The maximum absolute atomic E-state index is 10.6. The van der Waals surface area contributed by atoms with E-state index in [0.717, 1.165) is 12.4 Å². The second kappa shape index (κ2) is 11.0. The van der Waals surface area contributed by atoms with Crippen LogP contribution in [0.5, 0.6) is 0 Å². The number of alkyl halides is 6. The second-order valence-corrected chi connectivity index (χ2v) is 8.52. The molecule has 0 aliphatic carbocycles. The van der Waals surface area contributed by atoms with Crippen LogP contribution in [0.2, 0.25) is 0 Å². The van der Waals surface area contributed by atoms with Crippen molar-refractivity contribution in [2.45, 2.75) is 25.3 Å². The molecule has 0 bridgehead atoms. The molecule has 34 heavy (non-hydrogen) atoms. The van der Waals surface area contributed by atoms with Gasteiger partial charge in [0.2, 0.25) is 0 Å². The molecule has 0 amide bonds. The van der Waals surface area contributed by atoms with Gasteiger partial charge in [-0.2, -0.15) is 37.7 Å². The van der Waals surface area contributed by atoms with Gasteiger partial charge in [-0.05, 0) is 47.5 Å². The van der Waals surface area contributed by atoms with Crippen molar-refractivity contribution >= 4 is 29.1 Å². The van der Waals surface area contributed by atoms with E-state index in [1.54, 1.807) is 11.3 Å². The van der Waals surface area contributed by atoms with Gasteiger partial charge in [-0.15, -0.1) is 0 Å². The number of aromatic nitrogens is 1. The highest BCUT2D eigenvalue weighted by Gasteiger charge is 2.47. The largest absolute Gasteiger partial charge is 0.490 e. The van der Waals surface area contributed by atoms with Gasteiger partial charge >= 0.3 is 24.3 Å². The van der Waals surface area contributed by atoms with Crippen LogP contribution in [-0.4, -0.2) is 70.6 Å². The zero-order chi connectivity index (χ0) is 25.6. The smallest absolute Gasteiger partial charge is 0.475 e. The summed E-state index contributed by atoms with van der Waals surface area (Å²) >= 11 is 1.80. The van der Waals surface area contributed by atoms with E-state index in [4.69, 9.17) is 19.8 Å². The number of anilines is 1. The third-order valence-corrected chi connectivity index (χ3v) is 5.75. The lowest BCUT2D eigenvalue weighted by atomic mass is 9.79. The molecule has 1 spiro atoms. The first-order valence-corrected chi connectivity index (χ1v) is 10.7. The van der Waals surface area contributed by atoms with Crippen LogP contribution in [0, 0.1) is 5.41 Å². The van der Waals surface area contributed by atoms with Crippen molar-refractivity contribution in [2.24, 2.45) is 5.41 Å². The number of halogens is 6. The molecule has 0 aromatic carbocycles. The summed E-state index contributed by atoms with van der Waals surface area (Å²) in [6.07, 6.45) is -6.95. The fourth-order valence-electron chi connectivity index (χ4n) is 3.53. The Kier molecular flexibility index (Phi) is 8.89. The maximum atomic E-state index is 10.6. The molecule has 2 fully saturated rings. The maximum Gasteiger partial charge on any atom is 0.490 e. The van der Waals surface area contributed by atoms with E-state index >= 15 is 0 Å². The van der Waals surface area contributed by atoms with Crippen molar-refractivity contribution in [3.8, 4) is 0 Å². The van der Waals surface area contributed by atoms with Crippen LogP contribution >= 0.6 is 11.3 Å². The summed E-state index contributed by atoms with van der Waals surface area (Å²) in [6.45, 7) is 5.95. The van der Waals surface area contributed by atoms with Crippen molar-refractivity contribution in [3.05, 3.63) is 46.8 Å². The molecule has 2 aromatic rings. The molecule has 2 N–H and O–H groups in total. The Morgan fingerprint density at radius 1 is 1.00 bits per heavy atom. The Morgan fingerprint density at radius 2 is 1.59 bits per heavy atom. The van der Waals surface area contributed by atoms with Crippen molar-refractivity contribution in [1.82, 2.24) is 9.88 Å². The Morgan fingerprint density at radius 3 is 2.03 bits per heavy atom. The number of pyridine rings is 1. The number of hydrogen-bond donors (Lipinski definition) is 2. The number of aliphatic carboxylic acids is 2. The van der Waals surface area contributed by atoms with Gasteiger partial charge in [-0.1, -0.05) is 6.07 Å². The van der Waals surface area contributed by atoms with E-state index in [2.05, 4.69) is 43.7 Å². The van der Waals surface area contributed by atoms with Gasteiger partial charge in [0.25, 0.3) is 0 Å². The van der Waals surface area contributed by atoms with Gasteiger partial charge in [-0.25, -0.2) is 14.6 Å². The average Bonchev–Trinajstić information content (AvgIpc) is 3.37. The van der Waals surface area contributed by atoms with Crippen LogP contribution in [0.1, 0.15) is 12.0 Å². The summed E-state index contributed by atoms with van der Waals surface area (Å²) in [5.74, 6) is -4.38. The first-order chi connectivity index (χ1) is 15.7. The molecule has 2 saturated heterocycles. The predicted octanol–water partition coefficient (Wildman–Crippen LogP) is 4.12. The highest BCUT2D eigenvalue weighted by atomic mass is 32.1. The van der Waals surface area contributed by atoms with Gasteiger partial charge in [0, 0.05) is 37.8 Å². The minimum Gasteiger partial charge on any atom is -0.475 e. The predicted molar refractivity (Wildman–Crippen MR) is 110 cm³/mol. The summed E-state index contributed by atoms with van der Waals surface area (Å²) in [5.41, 5.74) is 1.99. The summed E-state index contributed by atoms with van der Waals surface area (Å²) in [4.78, 5) is 27.3. The Labute approximate surface area is 194 Å². The molecule has 4 heterocycles. The van der Waals surface area contributed by atoms with E-state index in [9.17, 15) is 26.3 Å². The van der Waals surface area contributed by atoms with E-state index in [1.807, 2.05) is 12.3 Å². The van der Waals surface area contributed by atoms with E-state index in [0.29, 0.717) is 5.41 Å². The van der Waals surface area contributed by atoms with E-state index in [-0.39, 0.29) is 0 Å². The molecule has 188 valence electrons. The Hall–Kier alpha value is -2.87. The number of nitrogens with zero attached hydrogens (tertiary/aromatic N) is 3. The molecular weight excluding hydrogens is 492 g/mol. The molecular formula is C20H21F6N3O4S. The monoisotopic (exact) mass is 513 g/mol. The molecule has 0 atom stereocenters. The van der Waals surface area contributed by atoms with Gasteiger partial charge < -0.3 is 15.1 Å². The first kappa shape index (κ1) is 27.4. The molecule has 4 rings (SSSR count). The number of thiophene rings is 1. The summed E-state index contributed by atoms with van der Waals surface area (Å²) < 4.78 is 63.5. The standard InChI is InChI=1S/C16H19N3S.2C2HF3O2/c1-2-6-17-15(3-1)19-12-16(13-19)5-7-18(11-16)9-14-4-8-20-10-14;2*3-2(4,5)1(6)7/h1-4,6,8,10H,5,7,9,11-13H2;2*(H,6,7). The third-order valence-electron chi connectivity index (χ3n) is 5.01. The van der Waals surface area contributed by atoms with Gasteiger partial charge in [0.05, 0.1) is 0 Å². The zero-order valence-electron chi connectivity index (χ0n) is 17.5. The van der Waals surface area contributed by atoms with Gasteiger partial charge in [-0.3, -0.25) is 4.90 Å². The van der Waals surface area contributed by atoms with Crippen LogP contribution in [0.25, 0.3) is 0 Å². The summed E-state index contributed by atoms with van der Waals surface area (Å²) in [7, 11) is 0. The minimum absolute atomic E-state index is 0.521. The molecule has 0 radical (unpaired) electrons. The molecule has 0 saturated carbocycles. The normalized spacial score (nSPS) is 17.2. The molecule has 7 nitrogen and oxygen atoms in total. The lowest BCUT2D eigenvalue weighted by Crippen LogP contribution is -2.58. The third kappa shape index (κ3) is 8.17. The molecule has 0 unspecified atom stereocenters. The SMILES string of the molecule is O=C(O)C(F)(F)F.O=C(O)C(F)(F)F.c1ccc(N2CC3(CCN(Cc4ccsc4)C3)C2)nc1. The Bertz CT molecular complexity index is 908. The van der Waals surface area contributed by atoms with Crippen LogP contribution in [0.15, 0.2) is 41.2 Å². The lowest BCUT2D eigenvalue weighted by Gasteiger charge is -2.48. The molecule has 2 aliphatic heterocycles. The van der Waals surface area contributed by atoms with Crippen molar-refractivity contribution in [2.75, 3.05) is 31.1 Å². The quantitative estimate of drug-likeness (QED) is 0.597. The number of carboxylic acid groups (broad SMARTS) is 2. The van der Waals surface area contributed by atoms with E-state index in [1.165, 1.54) is 38.2 Å². The van der Waals surface area contributed by atoms with Crippen molar-refractivity contribution in [3.63, 3.8) is 0 Å². The fourth-order valence-corrected chi connectivity index (χ4v) is 4.19. The van der Waals surface area contributed by atoms with Gasteiger partial charge in [0.1, 0.15) is 5.82 Å². The van der Waals surface area contributed by atoms with Crippen LogP contribution < -0.4 is 4.90 Å². The number of rotatable bonds is 3. The van der Waals surface area contributed by atoms with Crippen LogP contribution in [0.3, 0.4) is 0 Å². The number of likely N-dealkylation sites (tertiary alicyclic amines) is 1. The number of hydrogen-bond acceptors (Lipinski definition) is 6. The zero-order valence-corrected chi connectivity index (χ0v) is 18.3. The summed E-state index contributed by atoms with van der Waals surface area (Å²) in [5, 5.41) is 18.7. The molecule has 14 heteroatoms. The Balaban J connectivity index is 0.000000244. The van der Waals surface area contributed by atoms with Crippen LogP contribution in [0.4, 0.5) is 32.2 Å². The molecule has 2 aliphatic rings. The first-order valence-electron chi connectivity index (χ1n) is 9.71. The number of carbonyl (C=O) groups is 2. The average molecular weight is 513 g/mol.